The Morgan fingerprint density at radius 1 is 1.00 bits per heavy atom. The van der Waals surface area contributed by atoms with Gasteiger partial charge in [-0.15, -0.1) is 0 Å². The van der Waals surface area contributed by atoms with Gasteiger partial charge in [0, 0.05) is 45.2 Å². The van der Waals surface area contributed by atoms with Gasteiger partial charge in [-0.25, -0.2) is 4.39 Å². The number of piperidine rings is 1. The van der Waals surface area contributed by atoms with Crippen molar-refractivity contribution >= 4 is 28.5 Å². The van der Waals surface area contributed by atoms with Crippen molar-refractivity contribution in [2.45, 2.75) is 62.8 Å². The standard InChI is InChI=1S/C35H41FN4O4/c1-35(37)21-24(22-35)20-31(42)38(2)30(19-23-8-9-25-6-4-5-7-27(25)18-23)33(43)39(3)32(26-10-12-28(36)13-11-26)34(44)40-16-14-29(41)15-17-40/h4-13,18,20,29-30,32,41H,14-17,19,21-22,37H2,1-3H3/t30-,32?,35?/m1/s1. The summed E-state index contributed by atoms with van der Waals surface area (Å²) in [4.78, 5) is 46.4. The lowest BCUT2D eigenvalue weighted by atomic mass is 9.74. The summed E-state index contributed by atoms with van der Waals surface area (Å²) in [7, 11) is 3.17. The Balaban J connectivity index is 1.48. The number of hydrogen-bond acceptors (Lipinski definition) is 5. The Hall–Kier alpha value is -4.08. The first-order chi connectivity index (χ1) is 20.9. The van der Waals surface area contributed by atoms with E-state index < -0.39 is 29.9 Å². The van der Waals surface area contributed by atoms with E-state index in [1.54, 1.807) is 25.1 Å². The number of amides is 3. The van der Waals surface area contributed by atoms with Gasteiger partial charge in [0.05, 0.1) is 6.10 Å². The minimum Gasteiger partial charge on any atom is -0.393 e. The third-order valence-corrected chi connectivity index (χ3v) is 8.86. The van der Waals surface area contributed by atoms with Crippen molar-refractivity contribution in [2.24, 2.45) is 5.73 Å². The first-order valence-electron chi connectivity index (χ1n) is 15.1. The number of halogens is 1. The number of rotatable bonds is 8. The highest BCUT2D eigenvalue weighted by Gasteiger charge is 2.39. The maximum atomic E-state index is 14.5. The molecule has 5 rings (SSSR count). The Morgan fingerprint density at radius 2 is 1.64 bits per heavy atom. The highest BCUT2D eigenvalue weighted by Crippen LogP contribution is 2.34. The fourth-order valence-corrected chi connectivity index (χ4v) is 6.30. The van der Waals surface area contributed by atoms with Crippen LogP contribution in [0.25, 0.3) is 10.8 Å². The maximum absolute atomic E-state index is 14.5. The summed E-state index contributed by atoms with van der Waals surface area (Å²) in [5, 5.41) is 12.1. The van der Waals surface area contributed by atoms with Crippen molar-refractivity contribution in [2.75, 3.05) is 27.2 Å². The molecule has 0 bridgehead atoms. The third-order valence-electron chi connectivity index (χ3n) is 8.86. The molecule has 232 valence electrons. The number of likely N-dealkylation sites (N-methyl/N-ethyl adjacent to an activating group) is 2. The number of aliphatic hydroxyl groups excluding tert-OH is 1. The van der Waals surface area contributed by atoms with Crippen LogP contribution in [0, 0.1) is 5.82 Å². The fraction of sp³-hybridized carbons (Fsp3) is 0.400. The molecule has 1 heterocycles. The smallest absolute Gasteiger partial charge is 0.250 e. The zero-order valence-corrected chi connectivity index (χ0v) is 25.6. The summed E-state index contributed by atoms with van der Waals surface area (Å²) in [5.74, 6) is -1.48. The number of likely N-dealkylation sites (tertiary alicyclic amines) is 1. The highest BCUT2D eigenvalue weighted by atomic mass is 19.1. The largest absolute Gasteiger partial charge is 0.393 e. The summed E-state index contributed by atoms with van der Waals surface area (Å²) in [6.07, 6.45) is 3.43. The Bertz CT molecular complexity index is 1550. The van der Waals surface area contributed by atoms with Crippen LogP contribution >= 0.6 is 0 Å². The van der Waals surface area contributed by atoms with E-state index in [1.165, 1.54) is 34.1 Å². The minimum absolute atomic E-state index is 0.230. The van der Waals surface area contributed by atoms with E-state index in [-0.39, 0.29) is 23.8 Å². The molecule has 0 spiro atoms. The third kappa shape index (κ3) is 7.00. The molecule has 0 aromatic heterocycles. The van der Waals surface area contributed by atoms with Crippen LogP contribution < -0.4 is 5.73 Å². The average Bonchev–Trinajstić information content (AvgIpc) is 2.99. The van der Waals surface area contributed by atoms with Gasteiger partial charge in [-0.1, -0.05) is 60.2 Å². The molecule has 3 aromatic carbocycles. The van der Waals surface area contributed by atoms with Crippen LogP contribution in [-0.2, 0) is 20.8 Å². The molecule has 1 unspecified atom stereocenters. The number of carbonyl (C=O) groups excluding carboxylic acids is 3. The van der Waals surface area contributed by atoms with Gasteiger partial charge in [0.1, 0.15) is 17.9 Å². The number of benzene rings is 3. The van der Waals surface area contributed by atoms with Crippen molar-refractivity contribution in [3.63, 3.8) is 0 Å². The Labute approximate surface area is 257 Å². The molecule has 0 radical (unpaired) electrons. The molecule has 3 aromatic rings. The lowest BCUT2D eigenvalue weighted by Gasteiger charge is -2.39. The second kappa shape index (κ2) is 12.9. The second-order valence-electron chi connectivity index (χ2n) is 12.6. The molecule has 8 nitrogen and oxygen atoms in total. The molecule has 2 atom stereocenters. The van der Waals surface area contributed by atoms with Gasteiger partial charge in [0.2, 0.25) is 17.7 Å². The average molecular weight is 601 g/mol. The van der Waals surface area contributed by atoms with Crippen LogP contribution in [0.5, 0.6) is 0 Å². The summed E-state index contributed by atoms with van der Waals surface area (Å²) in [6.45, 7) is 2.65. The zero-order chi connectivity index (χ0) is 31.6. The van der Waals surface area contributed by atoms with Gasteiger partial charge >= 0.3 is 0 Å². The number of fused-ring (bicyclic) bond motifs is 1. The monoisotopic (exact) mass is 600 g/mol. The van der Waals surface area contributed by atoms with Crippen molar-refractivity contribution in [1.82, 2.24) is 14.7 Å². The van der Waals surface area contributed by atoms with Crippen molar-refractivity contribution in [3.8, 4) is 0 Å². The summed E-state index contributed by atoms with van der Waals surface area (Å²) >= 11 is 0. The SMILES string of the molecule is CN(C(=O)[C@@H](Cc1ccc2ccccc2c1)N(C)C(=O)C=C1CC(C)(N)C1)C(C(=O)N1CCC(O)CC1)c1ccc(F)cc1. The van der Waals surface area contributed by atoms with E-state index in [1.807, 2.05) is 49.4 Å². The van der Waals surface area contributed by atoms with Crippen LogP contribution in [0.15, 0.2) is 78.4 Å². The fourth-order valence-electron chi connectivity index (χ4n) is 6.30. The first-order valence-corrected chi connectivity index (χ1v) is 15.1. The molecular weight excluding hydrogens is 559 g/mol. The van der Waals surface area contributed by atoms with Crippen molar-refractivity contribution in [3.05, 3.63) is 95.3 Å². The summed E-state index contributed by atoms with van der Waals surface area (Å²) < 4.78 is 13.9. The van der Waals surface area contributed by atoms with Crippen molar-refractivity contribution in [1.29, 1.82) is 0 Å². The number of nitrogens with two attached hydrogens (primary N) is 1. The molecule has 1 saturated heterocycles. The number of hydrogen-bond donors (Lipinski definition) is 2. The van der Waals surface area contributed by atoms with Gasteiger partial charge < -0.3 is 25.5 Å². The van der Waals surface area contributed by atoms with E-state index in [9.17, 15) is 23.9 Å². The van der Waals surface area contributed by atoms with E-state index in [4.69, 9.17) is 5.73 Å². The van der Waals surface area contributed by atoms with Gasteiger partial charge in [-0.3, -0.25) is 14.4 Å². The quantitative estimate of drug-likeness (QED) is 0.381. The van der Waals surface area contributed by atoms with Crippen LogP contribution in [0.4, 0.5) is 4.39 Å². The second-order valence-corrected chi connectivity index (χ2v) is 12.6. The van der Waals surface area contributed by atoms with Crippen LogP contribution in [-0.4, -0.2) is 82.4 Å². The molecule has 44 heavy (non-hydrogen) atoms. The molecule has 2 fully saturated rings. The minimum atomic E-state index is -1.04. The van der Waals surface area contributed by atoms with E-state index in [0.717, 1.165) is 21.9 Å². The summed E-state index contributed by atoms with van der Waals surface area (Å²) in [5.41, 5.74) is 8.09. The summed E-state index contributed by atoms with van der Waals surface area (Å²) in [6, 6.07) is 17.5. The topological polar surface area (TPSA) is 107 Å². The van der Waals surface area contributed by atoms with Gasteiger partial charge in [-0.2, -0.15) is 0 Å². The van der Waals surface area contributed by atoms with Crippen LogP contribution in [0.1, 0.15) is 49.8 Å². The molecule has 1 aliphatic carbocycles. The molecule has 9 heteroatoms. The maximum Gasteiger partial charge on any atom is 0.250 e. The highest BCUT2D eigenvalue weighted by molar-refractivity contribution is 5.96. The lowest BCUT2D eigenvalue weighted by molar-refractivity contribution is -0.150. The predicted octanol–water partition coefficient (Wildman–Crippen LogP) is 3.97. The van der Waals surface area contributed by atoms with Crippen LogP contribution in [0.3, 0.4) is 0 Å². The molecule has 3 N–H and O–H groups in total. The Morgan fingerprint density at radius 3 is 2.27 bits per heavy atom. The van der Waals surface area contributed by atoms with E-state index in [0.29, 0.717) is 44.3 Å². The molecule has 1 aliphatic heterocycles. The Kier molecular flexibility index (Phi) is 9.18. The van der Waals surface area contributed by atoms with Gasteiger partial charge in [0.25, 0.3) is 0 Å². The van der Waals surface area contributed by atoms with Gasteiger partial charge in [-0.05, 0) is 66.6 Å². The predicted molar refractivity (Wildman–Crippen MR) is 168 cm³/mol. The number of carbonyl (C=O) groups is 3. The first kappa shape index (κ1) is 31.3. The van der Waals surface area contributed by atoms with E-state index in [2.05, 4.69) is 0 Å². The molecule has 3 amide bonds. The number of nitrogens with zero attached hydrogens (tertiary/aromatic N) is 3. The molecule has 1 saturated carbocycles. The molecular formula is C35H41FN4O4. The van der Waals surface area contributed by atoms with Gasteiger partial charge in [0.15, 0.2) is 0 Å². The van der Waals surface area contributed by atoms with Crippen LogP contribution in [0.2, 0.25) is 0 Å². The van der Waals surface area contributed by atoms with Crippen molar-refractivity contribution < 1.29 is 23.9 Å². The lowest BCUT2D eigenvalue weighted by Crippen LogP contribution is -2.53. The molecule has 2 aliphatic rings. The van der Waals surface area contributed by atoms with E-state index >= 15 is 0 Å². The normalized spacial score (nSPS) is 20.0. The number of aliphatic hydroxyl groups is 1. The zero-order valence-electron chi connectivity index (χ0n) is 25.6.